The third kappa shape index (κ3) is 3.44. The molecule has 0 aliphatic rings. The van der Waals surface area contributed by atoms with Gasteiger partial charge in [0, 0.05) is 31.4 Å². The van der Waals surface area contributed by atoms with Crippen LogP contribution in [0.4, 0.5) is 0 Å². The number of fused-ring (bicyclic) bond motifs is 1. The first kappa shape index (κ1) is 16.1. The fraction of sp³-hybridized carbons (Fsp3) is 0.267. The summed E-state index contributed by atoms with van der Waals surface area (Å²) in [5.74, 6) is -0.345. The molecule has 3 aromatic rings. The molecule has 0 unspecified atom stereocenters. The minimum absolute atomic E-state index is 0.337. The van der Waals surface area contributed by atoms with Crippen molar-refractivity contribution in [1.82, 2.24) is 14.3 Å². The van der Waals surface area contributed by atoms with E-state index in [0.29, 0.717) is 23.6 Å². The van der Waals surface area contributed by atoms with E-state index in [9.17, 15) is 4.79 Å². The summed E-state index contributed by atoms with van der Waals surface area (Å²) < 4.78 is 10.8. The number of thiazole rings is 1. The summed E-state index contributed by atoms with van der Waals surface area (Å²) in [6.45, 7) is 1.18. The van der Waals surface area contributed by atoms with Crippen molar-refractivity contribution in [3.63, 3.8) is 0 Å². The lowest BCUT2D eigenvalue weighted by molar-refractivity contribution is 0.0992. The topological polar surface area (TPSA) is 61.4 Å². The third-order valence-electron chi connectivity index (χ3n) is 3.29. The van der Waals surface area contributed by atoms with E-state index >= 15 is 0 Å². The Hall–Kier alpha value is -1.77. The summed E-state index contributed by atoms with van der Waals surface area (Å²) in [4.78, 5) is 17.2. The van der Waals surface area contributed by atoms with Crippen LogP contribution in [0.3, 0.4) is 0 Å². The summed E-state index contributed by atoms with van der Waals surface area (Å²) in [7, 11) is 3.42. The van der Waals surface area contributed by atoms with Gasteiger partial charge in [-0.15, -0.1) is 0 Å². The number of hydrogen-bond donors (Lipinski definition) is 0. The lowest BCUT2D eigenvalue weighted by atomic mass is 10.3. The summed E-state index contributed by atoms with van der Waals surface area (Å²) in [5.41, 5.74) is 1.37. The number of rotatable bonds is 4. The highest BCUT2D eigenvalue weighted by Gasteiger charge is 2.11. The van der Waals surface area contributed by atoms with Gasteiger partial charge in [0.15, 0.2) is 10.5 Å². The Kier molecular flexibility index (Phi) is 4.74. The van der Waals surface area contributed by atoms with E-state index in [-0.39, 0.29) is 5.91 Å². The predicted octanol–water partition coefficient (Wildman–Crippen LogP) is 2.59. The average Bonchev–Trinajstić information content (AvgIpc) is 3.08. The van der Waals surface area contributed by atoms with E-state index in [1.54, 1.807) is 31.1 Å². The normalized spacial score (nSPS) is 12.2. The maximum Gasteiger partial charge on any atom is 0.300 e. The van der Waals surface area contributed by atoms with Crippen molar-refractivity contribution in [2.75, 3.05) is 13.7 Å². The number of nitrogens with zero attached hydrogens (tertiary/aromatic N) is 4. The van der Waals surface area contributed by atoms with Gasteiger partial charge in [0.25, 0.3) is 5.91 Å². The van der Waals surface area contributed by atoms with Crippen molar-refractivity contribution in [3.05, 3.63) is 45.4 Å². The largest absolute Gasteiger partial charge is 0.383 e. The molecule has 3 rings (SSSR count). The van der Waals surface area contributed by atoms with Crippen molar-refractivity contribution < 1.29 is 9.53 Å². The van der Waals surface area contributed by atoms with Crippen molar-refractivity contribution >= 4 is 43.4 Å². The third-order valence-corrected chi connectivity index (χ3v) is 4.83. The molecule has 0 saturated heterocycles. The monoisotopic (exact) mass is 394 g/mol. The molecule has 0 fully saturated rings. The number of ether oxygens (including phenoxy) is 1. The van der Waals surface area contributed by atoms with Gasteiger partial charge in [-0.25, -0.2) is 0 Å². The van der Waals surface area contributed by atoms with Gasteiger partial charge in [-0.3, -0.25) is 9.48 Å². The molecule has 0 bridgehead atoms. The second-order valence-corrected chi connectivity index (χ2v) is 6.86. The molecule has 0 N–H and O–H groups in total. The van der Waals surface area contributed by atoms with Gasteiger partial charge in [0.05, 0.1) is 16.8 Å². The van der Waals surface area contributed by atoms with E-state index in [4.69, 9.17) is 4.74 Å². The molecule has 0 spiro atoms. The number of aryl methyl sites for hydroxylation is 1. The SMILES string of the molecule is COCCn1c(=NC(=O)c2ccn(C)n2)sc2cc(Br)ccc21. The molecule has 8 heteroatoms. The Labute approximate surface area is 145 Å². The van der Waals surface area contributed by atoms with Crippen LogP contribution in [0, 0.1) is 0 Å². The first-order chi connectivity index (χ1) is 11.1. The number of methoxy groups -OCH3 is 1. The predicted molar refractivity (Wildman–Crippen MR) is 92.5 cm³/mol. The molecule has 0 radical (unpaired) electrons. The van der Waals surface area contributed by atoms with Crippen LogP contribution in [0.5, 0.6) is 0 Å². The standard InChI is InChI=1S/C15H15BrN4O2S/c1-19-6-5-11(18-19)14(21)17-15-20(7-8-22-2)12-4-3-10(16)9-13(12)23-15/h3-6,9H,7-8H2,1-2H3. The second kappa shape index (κ2) is 6.77. The van der Waals surface area contributed by atoms with Crippen LogP contribution in [0.15, 0.2) is 39.9 Å². The van der Waals surface area contributed by atoms with E-state index in [1.165, 1.54) is 11.3 Å². The molecular formula is C15H15BrN4O2S. The molecule has 1 amide bonds. The molecule has 23 heavy (non-hydrogen) atoms. The Morgan fingerprint density at radius 1 is 1.43 bits per heavy atom. The summed E-state index contributed by atoms with van der Waals surface area (Å²) in [6, 6.07) is 7.67. The first-order valence-corrected chi connectivity index (χ1v) is 8.56. The Bertz CT molecular complexity index is 925. The first-order valence-electron chi connectivity index (χ1n) is 6.95. The zero-order valence-corrected chi connectivity index (χ0v) is 15.1. The fourth-order valence-electron chi connectivity index (χ4n) is 2.20. The Balaban J connectivity index is 2.11. The Morgan fingerprint density at radius 2 is 2.26 bits per heavy atom. The number of aromatic nitrogens is 3. The van der Waals surface area contributed by atoms with Gasteiger partial charge >= 0.3 is 0 Å². The van der Waals surface area contributed by atoms with Crippen LogP contribution in [0.25, 0.3) is 10.2 Å². The van der Waals surface area contributed by atoms with Crippen molar-refractivity contribution in [2.24, 2.45) is 12.0 Å². The lowest BCUT2D eigenvalue weighted by Crippen LogP contribution is -2.19. The van der Waals surface area contributed by atoms with E-state index < -0.39 is 0 Å². The van der Waals surface area contributed by atoms with Gasteiger partial charge < -0.3 is 9.30 Å². The number of halogens is 1. The van der Waals surface area contributed by atoms with E-state index in [0.717, 1.165) is 14.7 Å². The molecule has 0 saturated carbocycles. The van der Waals surface area contributed by atoms with Gasteiger partial charge in [0.2, 0.25) is 0 Å². The maximum absolute atomic E-state index is 12.3. The van der Waals surface area contributed by atoms with Gasteiger partial charge in [-0.2, -0.15) is 10.1 Å². The molecule has 0 atom stereocenters. The van der Waals surface area contributed by atoms with Crippen LogP contribution >= 0.6 is 27.3 Å². The summed E-state index contributed by atoms with van der Waals surface area (Å²) >= 11 is 4.95. The van der Waals surface area contributed by atoms with Crippen molar-refractivity contribution in [1.29, 1.82) is 0 Å². The number of carbonyl (C=O) groups is 1. The number of amides is 1. The van der Waals surface area contributed by atoms with Gasteiger partial charge in [-0.05, 0) is 24.3 Å². The van der Waals surface area contributed by atoms with Crippen LogP contribution in [-0.4, -0.2) is 34.0 Å². The molecular weight excluding hydrogens is 380 g/mol. The summed E-state index contributed by atoms with van der Waals surface area (Å²) in [5, 5.41) is 4.10. The van der Waals surface area contributed by atoms with Crippen LogP contribution in [-0.2, 0) is 18.3 Å². The average molecular weight is 395 g/mol. The number of benzene rings is 1. The molecule has 1 aromatic carbocycles. The zero-order chi connectivity index (χ0) is 16.4. The summed E-state index contributed by atoms with van der Waals surface area (Å²) in [6.07, 6.45) is 1.73. The number of carbonyl (C=O) groups excluding carboxylic acids is 1. The molecule has 0 aliphatic heterocycles. The minimum Gasteiger partial charge on any atom is -0.383 e. The maximum atomic E-state index is 12.3. The minimum atomic E-state index is -0.345. The van der Waals surface area contributed by atoms with Gasteiger partial charge in [-0.1, -0.05) is 27.3 Å². The lowest BCUT2D eigenvalue weighted by Gasteiger charge is -2.04. The second-order valence-electron chi connectivity index (χ2n) is 4.93. The van der Waals surface area contributed by atoms with Crippen LogP contribution in [0.2, 0.25) is 0 Å². The highest BCUT2D eigenvalue weighted by molar-refractivity contribution is 9.10. The molecule has 0 aliphatic carbocycles. The molecule has 2 heterocycles. The smallest absolute Gasteiger partial charge is 0.300 e. The van der Waals surface area contributed by atoms with Crippen LogP contribution in [0.1, 0.15) is 10.5 Å². The van der Waals surface area contributed by atoms with E-state index in [2.05, 4.69) is 26.0 Å². The fourth-order valence-corrected chi connectivity index (χ4v) is 3.81. The molecule has 6 nitrogen and oxygen atoms in total. The van der Waals surface area contributed by atoms with Crippen molar-refractivity contribution in [2.45, 2.75) is 6.54 Å². The highest BCUT2D eigenvalue weighted by atomic mass is 79.9. The molecule has 2 aromatic heterocycles. The molecule has 120 valence electrons. The zero-order valence-electron chi connectivity index (χ0n) is 12.7. The van der Waals surface area contributed by atoms with Crippen LogP contribution < -0.4 is 4.80 Å². The number of hydrogen-bond acceptors (Lipinski definition) is 4. The van der Waals surface area contributed by atoms with Gasteiger partial charge in [0.1, 0.15) is 0 Å². The quantitative estimate of drug-likeness (QED) is 0.682. The highest BCUT2D eigenvalue weighted by Crippen LogP contribution is 2.22. The van der Waals surface area contributed by atoms with Crippen molar-refractivity contribution in [3.8, 4) is 0 Å². The Morgan fingerprint density at radius 3 is 2.96 bits per heavy atom. The van der Waals surface area contributed by atoms with E-state index in [1.807, 2.05) is 22.8 Å².